The first kappa shape index (κ1) is 49.2. The lowest BCUT2D eigenvalue weighted by Gasteiger charge is -2.55. The fourth-order valence-electron chi connectivity index (χ4n) is 11.3. The maximum Gasteiger partial charge on any atom is 0.226 e. The van der Waals surface area contributed by atoms with Crippen LogP contribution in [0, 0.1) is 23.2 Å². The van der Waals surface area contributed by atoms with Gasteiger partial charge < -0.3 is 25.3 Å². The molecule has 4 aliphatic carbocycles. The molecule has 0 aromatic heterocycles. The summed E-state index contributed by atoms with van der Waals surface area (Å²) in [7, 11) is 2.08. The van der Waals surface area contributed by atoms with E-state index in [0.29, 0.717) is 24.8 Å². The van der Waals surface area contributed by atoms with E-state index in [0.717, 1.165) is 75.9 Å². The van der Waals surface area contributed by atoms with Crippen molar-refractivity contribution in [2.24, 2.45) is 23.2 Å². The Morgan fingerprint density at radius 2 is 0.929 bits per heavy atom. The molecule has 7 heteroatoms. The third-order valence-corrected chi connectivity index (χ3v) is 14.3. The Morgan fingerprint density at radius 3 is 1.43 bits per heavy atom. The van der Waals surface area contributed by atoms with Gasteiger partial charge >= 0.3 is 0 Å². The standard InChI is InChI=1S/C49H95N5O2/c1-5-8-11-14-15-16-17-18-19-27-47(55)54(36-25-29-51-48(56)49-41-44-38-45(42-49)40-46(39-44)43-49)37-26-35-53(31-21-13-10-7-3)33-23-22-32-52(34-24-28-50-4)30-20-12-9-6-2/h44-46,50H,5-43H2,1-4H3,(H,51,56)/p+2. The minimum absolute atomic E-state index is 0.0790. The third-order valence-electron chi connectivity index (χ3n) is 14.3. The topological polar surface area (TPSA) is 70.3 Å². The molecule has 4 N–H and O–H groups in total. The summed E-state index contributed by atoms with van der Waals surface area (Å²) < 4.78 is 0. The SMILES string of the molecule is CCCCCCCCCCCC(=O)N(CCCNC(=O)C12CC3CC(CC(C3)C1)C2)CCC[NH+](CCCCCC)CCCC[NH+](CCCCCC)CCCNC. The van der Waals surface area contributed by atoms with Crippen LogP contribution in [0.4, 0.5) is 0 Å². The molecule has 0 aromatic rings. The van der Waals surface area contributed by atoms with E-state index in [4.69, 9.17) is 0 Å². The molecule has 2 amide bonds. The van der Waals surface area contributed by atoms with Gasteiger partial charge in [-0.05, 0) is 102 Å². The van der Waals surface area contributed by atoms with Crippen LogP contribution in [0.2, 0.25) is 0 Å². The molecule has 4 aliphatic rings. The number of rotatable bonds is 38. The normalized spacial score (nSPS) is 22.4. The second-order valence-corrected chi connectivity index (χ2v) is 19.4. The van der Waals surface area contributed by atoms with Crippen LogP contribution in [0.25, 0.3) is 0 Å². The van der Waals surface area contributed by atoms with Crippen molar-refractivity contribution in [3.8, 4) is 0 Å². The van der Waals surface area contributed by atoms with Gasteiger partial charge in [0.1, 0.15) is 0 Å². The lowest BCUT2D eigenvalue weighted by Crippen LogP contribution is -3.13. The van der Waals surface area contributed by atoms with Gasteiger partial charge in [0, 0.05) is 63.7 Å². The molecule has 7 nitrogen and oxygen atoms in total. The van der Waals surface area contributed by atoms with E-state index >= 15 is 0 Å². The van der Waals surface area contributed by atoms with Crippen molar-refractivity contribution in [2.45, 2.75) is 207 Å². The lowest BCUT2D eigenvalue weighted by molar-refractivity contribution is -0.907. The smallest absolute Gasteiger partial charge is 0.226 e. The molecule has 328 valence electrons. The highest BCUT2D eigenvalue weighted by molar-refractivity contribution is 5.83. The van der Waals surface area contributed by atoms with Crippen molar-refractivity contribution in [1.82, 2.24) is 15.5 Å². The average molecular weight is 788 g/mol. The molecule has 0 spiro atoms. The van der Waals surface area contributed by atoms with Crippen molar-refractivity contribution < 1.29 is 19.4 Å². The predicted molar refractivity (Wildman–Crippen MR) is 238 cm³/mol. The number of carbonyl (C=O) groups is 2. The molecule has 4 fully saturated rings. The Balaban J connectivity index is 1.47. The number of hydrogen-bond acceptors (Lipinski definition) is 3. The van der Waals surface area contributed by atoms with Crippen LogP contribution in [0.5, 0.6) is 0 Å². The quantitative estimate of drug-likeness (QED) is 0.0478. The van der Waals surface area contributed by atoms with Gasteiger partial charge in [-0.3, -0.25) is 9.59 Å². The van der Waals surface area contributed by atoms with Gasteiger partial charge in [-0.1, -0.05) is 97.8 Å². The summed E-state index contributed by atoms with van der Waals surface area (Å²) in [5, 5.41) is 6.76. The molecule has 0 radical (unpaired) electrons. The number of nitrogens with one attached hydrogen (secondary N) is 4. The highest BCUT2D eigenvalue weighted by atomic mass is 16.2. The van der Waals surface area contributed by atoms with Crippen molar-refractivity contribution in [2.75, 3.05) is 72.5 Å². The summed E-state index contributed by atoms with van der Waals surface area (Å²) in [4.78, 5) is 33.1. The molecule has 0 heterocycles. The van der Waals surface area contributed by atoms with E-state index in [1.54, 1.807) is 4.90 Å². The minimum Gasteiger partial charge on any atom is -0.356 e. The lowest BCUT2D eigenvalue weighted by atomic mass is 9.49. The number of nitrogens with zero attached hydrogens (tertiary/aromatic N) is 1. The number of carbonyl (C=O) groups excluding carboxylic acids is 2. The zero-order valence-corrected chi connectivity index (χ0v) is 38.1. The second kappa shape index (κ2) is 30.8. The monoisotopic (exact) mass is 788 g/mol. The average Bonchev–Trinajstić information content (AvgIpc) is 3.18. The van der Waals surface area contributed by atoms with Crippen molar-refractivity contribution in [3.05, 3.63) is 0 Å². The third kappa shape index (κ3) is 20.2. The van der Waals surface area contributed by atoms with Crippen LogP contribution in [0.3, 0.4) is 0 Å². The summed E-state index contributed by atoms with van der Waals surface area (Å²) in [5.74, 6) is 3.06. The fraction of sp³-hybridized carbons (Fsp3) is 0.959. The highest BCUT2D eigenvalue weighted by Gasteiger charge is 2.54. The molecule has 4 saturated carbocycles. The van der Waals surface area contributed by atoms with Crippen LogP contribution in [-0.2, 0) is 9.59 Å². The van der Waals surface area contributed by atoms with Gasteiger partial charge in [0.2, 0.25) is 11.8 Å². The first-order chi connectivity index (χ1) is 27.4. The van der Waals surface area contributed by atoms with Crippen LogP contribution in [0.1, 0.15) is 207 Å². The van der Waals surface area contributed by atoms with E-state index in [1.165, 1.54) is 181 Å². The van der Waals surface area contributed by atoms with Crippen LogP contribution in [0.15, 0.2) is 0 Å². The van der Waals surface area contributed by atoms with Crippen LogP contribution >= 0.6 is 0 Å². The van der Waals surface area contributed by atoms with E-state index < -0.39 is 0 Å². The summed E-state index contributed by atoms with van der Waals surface area (Å²) in [5.41, 5.74) is -0.0790. The van der Waals surface area contributed by atoms with Gasteiger partial charge in [0.05, 0.1) is 39.3 Å². The Kier molecular flexibility index (Phi) is 27.1. The van der Waals surface area contributed by atoms with Gasteiger partial charge in [0.25, 0.3) is 0 Å². The predicted octanol–water partition coefficient (Wildman–Crippen LogP) is 8.17. The Hall–Kier alpha value is -1.18. The first-order valence-corrected chi connectivity index (χ1v) is 25.3. The summed E-state index contributed by atoms with van der Waals surface area (Å²) >= 11 is 0. The summed E-state index contributed by atoms with van der Waals surface area (Å²) in [6.07, 6.45) is 36.4. The van der Waals surface area contributed by atoms with Crippen LogP contribution < -0.4 is 20.4 Å². The van der Waals surface area contributed by atoms with Crippen molar-refractivity contribution >= 4 is 11.8 Å². The van der Waals surface area contributed by atoms with E-state index in [1.807, 2.05) is 4.90 Å². The van der Waals surface area contributed by atoms with E-state index in [9.17, 15) is 9.59 Å². The molecule has 0 saturated heterocycles. The molecule has 56 heavy (non-hydrogen) atoms. The second-order valence-electron chi connectivity index (χ2n) is 19.4. The van der Waals surface area contributed by atoms with Gasteiger partial charge in [-0.2, -0.15) is 0 Å². The molecule has 4 bridgehead atoms. The number of amides is 2. The molecular formula is C49H97N5O2+2. The zero-order chi connectivity index (χ0) is 40.1. The Labute approximate surface area is 348 Å². The fourth-order valence-corrected chi connectivity index (χ4v) is 11.3. The molecule has 0 aromatic carbocycles. The van der Waals surface area contributed by atoms with Gasteiger partial charge in [-0.25, -0.2) is 0 Å². The number of quaternary nitrogens is 2. The molecular weight excluding hydrogens is 691 g/mol. The van der Waals surface area contributed by atoms with E-state index in [2.05, 4.69) is 43.4 Å². The van der Waals surface area contributed by atoms with E-state index in [-0.39, 0.29) is 5.41 Å². The zero-order valence-electron chi connectivity index (χ0n) is 38.1. The molecule has 2 unspecified atom stereocenters. The Bertz CT molecular complexity index is 954. The van der Waals surface area contributed by atoms with Gasteiger partial charge in [-0.15, -0.1) is 0 Å². The maximum absolute atomic E-state index is 13.7. The summed E-state index contributed by atoms with van der Waals surface area (Å²) in [6, 6.07) is 0. The molecule has 4 rings (SSSR count). The highest BCUT2D eigenvalue weighted by Crippen LogP contribution is 2.60. The first-order valence-electron chi connectivity index (χ1n) is 25.3. The largest absolute Gasteiger partial charge is 0.356 e. The van der Waals surface area contributed by atoms with Crippen molar-refractivity contribution in [1.29, 1.82) is 0 Å². The van der Waals surface area contributed by atoms with Crippen molar-refractivity contribution in [3.63, 3.8) is 0 Å². The number of hydrogen-bond donors (Lipinski definition) is 4. The molecule has 2 atom stereocenters. The number of unbranched alkanes of at least 4 members (excludes halogenated alkanes) is 15. The Morgan fingerprint density at radius 1 is 0.518 bits per heavy atom. The maximum atomic E-state index is 13.7. The minimum atomic E-state index is -0.0790. The van der Waals surface area contributed by atoms with Gasteiger partial charge in [0.15, 0.2) is 0 Å². The van der Waals surface area contributed by atoms with Crippen LogP contribution in [-0.4, -0.2) is 89.2 Å². The summed E-state index contributed by atoms with van der Waals surface area (Å²) in [6.45, 7) is 18.1. The molecule has 0 aliphatic heterocycles.